The van der Waals surface area contributed by atoms with Crippen molar-refractivity contribution < 1.29 is 9.59 Å². The van der Waals surface area contributed by atoms with E-state index in [0.29, 0.717) is 6.54 Å². The number of nitrogens with one attached hydrogen (secondary N) is 1. The molecule has 0 aromatic carbocycles. The smallest absolute Gasteiger partial charge is 0.245 e. The lowest BCUT2D eigenvalue weighted by molar-refractivity contribution is -0.140. The molecule has 0 unspecified atom stereocenters. The molecule has 0 aliphatic heterocycles. The summed E-state index contributed by atoms with van der Waals surface area (Å²) in [6.45, 7) is 12.5. The van der Waals surface area contributed by atoms with Crippen molar-refractivity contribution in [2.45, 2.75) is 53.6 Å². The van der Waals surface area contributed by atoms with E-state index in [1.807, 2.05) is 60.5 Å². The lowest BCUT2D eigenvalue weighted by Gasteiger charge is -2.35. The molecule has 0 aromatic rings. The van der Waals surface area contributed by atoms with E-state index >= 15 is 0 Å². The zero-order valence-electron chi connectivity index (χ0n) is 15.2. The summed E-state index contributed by atoms with van der Waals surface area (Å²) in [6.07, 6.45) is 0. The van der Waals surface area contributed by atoms with E-state index in [1.54, 1.807) is 11.9 Å². The highest BCUT2D eigenvalue weighted by atomic mass is 16.2. The zero-order valence-corrected chi connectivity index (χ0v) is 15.2. The largest absolute Gasteiger partial charge is 0.344 e. The SMILES string of the molecule is CCN(C)C(=O)[C@@H](NC(=O)[C@H](C(C)C)N(C)C)C(C)(C)C. The quantitative estimate of drug-likeness (QED) is 0.810. The average Bonchev–Trinajstić information content (AvgIpc) is 2.31. The lowest BCUT2D eigenvalue weighted by Crippen LogP contribution is -2.58. The Morgan fingerprint density at radius 2 is 1.57 bits per heavy atom. The number of carbonyl (C=O) groups is 2. The molecule has 2 amide bonds. The van der Waals surface area contributed by atoms with Crippen molar-refractivity contribution >= 4 is 11.8 Å². The minimum atomic E-state index is -0.517. The number of amides is 2. The van der Waals surface area contributed by atoms with Gasteiger partial charge in [0.15, 0.2) is 0 Å². The Hall–Kier alpha value is -1.10. The maximum atomic E-state index is 12.6. The molecule has 0 saturated heterocycles. The van der Waals surface area contributed by atoms with E-state index in [1.165, 1.54) is 0 Å². The summed E-state index contributed by atoms with van der Waals surface area (Å²) in [4.78, 5) is 28.6. The molecule has 0 spiro atoms. The predicted molar refractivity (Wildman–Crippen MR) is 87.0 cm³/mol. The van der Waals surface area contributed by atoms with Crippen LogP contribution in [0.2, 0.25) is 0 Å². The van der Waals surface area contributed by atoms with E-state index in [4.69, 9.17) is 0 Å². The fourth-order valence-electron chi connectivity index (χ4n) is 2.39. The standard InChI is InChI=1S/C16H33N3O2/c1-10-19(9)15(21)13(16(4,5)6)17-14(20)12(11(2)3)18(7)8/h11-13H,10H2,1-9H3,(H,17,20)/t12-,13+/m0/s1. The second-order valence-electron chi connectivity index (χ2n) is 7.31. The molecule has 0 fully saturated rings. The molecular weight excluding hydrogens is 266 g/mol. The number of hydrogen-bond acceptors (Lipinski definition) is 3. The van der Waals surface area contributed by atoms with Crippen LogP contribution in [-0.2, 0) is 9.59 Å². The molecular formula is C16H33N3O2. The summed E-state index contributed by atoms with van der Waals surface area (Å²) < 4.78 is 0. The molecule has 0 aliphatic carbocycles. The number of likely N-dealkylation sites (N-methyl/N-ethyl adjacent to an activating group) is 2. The second kappa shape index (κ2) is 7.78. The first kappa shape index (κ1) is 19.9. The molecule has 0 saturated carbocycles. The number of hydrogen-bond donors (Lipinski definition) is 1. The molecule has 0 aromatic heterocycles. The average molecular weight is 299 g/mol. The highest BCUT2D eigenvalue weighted by Gasteiger charge is 2.36. The first-order chi connectivity index (χ1) is 9.43. The Bertz CT molecular complexity index is 351. The van der Waals surface area contributed by atoms with Gasteiger partial charge in [0.05, 0.1) is 6.04 Å². The van der Waals surface area contributed by atoms with Gasteiger partial charge >= 0.3 is 0 Å². The molecule has 0 heterocycles. The summed E-state index contributed by atoms with van der Waals surface area (Å²) in [5.74, 6) is 0.0482. The Morgan fingerprint density at radius 3 is 1.86 bits per heavy atom. The summed E-state index contributed by atoms with van der Waals surface area (Å²) in [5.41, 5.74) is -0.329. The van der Waals surface area contributed by atoms with Crippen LogP contribution >= 0.6 is 0 Å². The van der Waals surface area contributed by atoms with Crippen LogP contribution in [0.15, 0.2) is 0 Å². The molecule has 124 valence electrons. The van der Waals surface area contributed by atoms with Crippen molar-refractivity contribution in [1.82, 2.24) is 15.1 Å². The first-order valence-electron chi connectivity index (χ1n) is 7.65. The van der Waals surface area contributed by atoms with E-state index < -0.39 is 6.04 Å². The minimum Gasteiger partial charge on any atom is -0.344 e. The molecule has 2 atom stereocenters. The van der Waals surface area contributed by atoms with Crippen LogP contribution in [0.3, 0.4) is 0 Å². The Kier molecular flexibility index (Phi) is 7.37. The third kappa shape index (κ3) is 5.65. The second-order valence-corrected chi connectivity index (χ2v) is 7.31. The van der Waals surface area contributed by atoms with E-state index in [9.17, 15) is 9.59 Å². The zero-order chi connectivity index (χ0) is 17.0. The topological polar surface area (TPSA) is 52.7 Å². The van der Waals surface area contributed by atoms with Crippen molar-refractivity contribution in [3.63, 3.8) is 0 Å². The van der Waals surface area contributed by atoms with Crippen LogP contribution in [0.4, 0.5) is 0 Å². The van der Waals surface area contributed by atoms with Crippen molar-refractivity contribution in [3.05, 3.63) is 0 Å². The number of rotatable bonds is 6. The van der Waals surface area contributed by atoms with Crippen molar-refractivity contribution in [2.24, 2.45) is 11.3 Å². The molecule has 5 nitrogen and oxygen atoms in total. The lowest BCUT2D eigenvalue weighted by atomic mass is 9.85. The Balaban J connectivity index is 5.24. The maximum absolute atomic E-state index is 12.6. The van der Waals surface area contributed by atoms with Crippen molar-refractivity contribution in [1.29, 1.82) is 0 Å². The van der Waals surface area contributed by atoms with Gasteiger partial charge in [-0.05, 0) is 32.4 Å². The van der Waals surface area contributed by atoms with Crippen LogP contribution in [0.25, 0.3) is 0 Å². The fraction of sp³-hybridized carbons (Fsp3) is 0.875. The Morgan fingerprint density at radius 1 is 1.10 bits per heavy atom. The van der Waals surface area contributed by atoms with Crippen LogP contribution in [0.5, 0.6) is 0 Å². The monoisotopic (exact) mass is 299 g/mol. The molecule has 0 rings (SSSR count). The van der Waals surface area contributed by atoms with Gasteiger partial charge in [-0.3, -0.25) is 14.5 Å². The van der Waals surface area contributed by atoms with Crippen LogP contribution in [0.1, 0.15) is 41.5 Å². The van der Waals surface area contributed by atoms with Gasteiger partial charge in [-0.15, -0.1) is 0 Å². The third-order valence-corrected chi connectivity index (χ3v) is 3.71. The van der Waals surface area contributed by atoms with E-state index in [0.717, 1.165) is 0 Å². The number of carbonyl (C=O) groups excluding carboxylic acids is 2. The maximum Gasteiger partial charge on any atom is 0.245 e. The van der Waals surface area contributed by atoms with Crippen LogP contribution < -0.4 is 5.32 Å². The van der Waals surface area contributed by atoms with E-state index in [2.05, 4.69) is 5.32 Å². The van der Waals surface area contributed by atoms with Crippen molar-refractivity contribution in [2.75, 3.05) is 27.7 Å². The highest BCUT2D eigenvalue weighted by molar-refractivity contribution is 5.90. The summed E-state index contributed by atoms with van der Waals surface area (Å²) in [7, 11) is 5.53. The molecule has 1 N–H and O–H groups in total. The first-order valence-corrected chi connectivity index (χ1v) is 7.65. The van der Waals surface area contributed by atoms with Gasteiger partial charge in [0.2, 0.25) is 11.8 Å². The van der Waals surface area contributed by atoms with Crippen LogP contribution in [-0.4, -0.2) is 61.4 Å². The summed E-state index contributed by atoms with van der Waals surface area (Å²) in [5, 5.41) is 2.96. The van der Waals surface area contributed by atoms with Gasteiger partial charge in [0, 0.05) is 13.6 Å². The van der Waals surface area contributed by atoms with Crippen molar-refractivity contribution in [3.8, 4) is 0 Å². The fourth-order valence-corrected chi connectivity index (χ4v) is 2.39. The van der Waals surface area contributed by atoms with Crippen LogP contribution in [0, 0.1) is 11.3 Å². The Labute approximate surface area is 130 Å². The highest BCUT2D eigenvalue weighted by Crippen LogP contribution is 2.21. The predicted octanol–water partition coefficient (Wildman–Crippen LogP) is 1.58. The molecule has 0 aliphatic rings. The summed E-state index contributed by atoms with van der Waals surface area (Å²) in [6, 6.07) is -0.759. The number of nitrogens with zero attached hydrogens (tertiary/aromatic N) is 2. The molecule has 5 heteroatoms. The van der Waals surface area contributed by atoms with Gasteiger partial charge in [-0.2, -0.15) is 0 Å². The van der Waals surface area contributed by atoms with Gasteiger partial charge in [0.1, 0.15) is 6.04 Å². The molecule has 21 heavy (non-hydrogen) atoms. The normalized spacial score (nSPS) is 15.0. The summed E-state index contributed by atoms with van der Waals surface area (Å²) >= 11 is 0. The molecule has 0 radical (unpaired) electrons. The van der Waals surface area contributed by atoms with E-state index in [-0.39, 0.29) is 29.2 Å². The van der Waals surface area contributed by atoms with Gasteiger partial charge in [-0.1, -0.05) is 34.6 Å². The minimum absolute atomic E-state index is 0.0420. The molecule has 0 bridgehead atoms. The van der Waals surface area contributed by atoms with Gasteiger partial charge in [0.25, 0.3) is 0 Å². The van der Waals surface area contributed by atoms with Gasteiger partial charge < -0.3 is 10.2 Å². The third-order valence-electron chi connectivity index (χ3n) is 3.71. The van der Waals surface area contributed by atoms with Gasteiger partial charge in [-0.25, -0.2) is 0 Å².